The maximum Gasteiger partial charge on any atom is 0.147 e. The summed E-state index contributed by atoms with van der Waals surface area (Å²) in [7, 11) is 0. The fourth-order valence-corrected chi connectivity index (χ4v) is 1.59. The minimum absolute atomic E-state index is 0.409. The molecule has 2 aromatic rings. The van der Waals surface area contributed by atoms with Crippen LogP contribution in [0.4, 0.5) is 11.6 Å². The maximum atomic E-state index is 5.55. The van der Waals surface area contributed by atoms with Crippen molar-refractivity contribution in [3.63, 3.8) is 0 Å². The Morgan fingerprint density at radius 1 is 1.35 bits per heavy atom. The van der Waals surface area contributed by atoms with Gasteiger partial charge in [0.25, 0.3) is 0 Å². The fourth-order valence-electron chi connectivity index (χ4n) is 1.59. The van der Waals surface area contributed by atoms with Crippen molar-refractivity contribution in [2.24, 2.45) is 0 Å². The van der Waals surface area contributed by atoms with E-state index in [1.54, 1.807) is 12.4 Å². The monoisotopic (exact) mass is 229 g/mol. The number of rotatable bonds is 4. The van der Waals surface area contributed by atoms with Gasteiger partial charge in [0.05, 0.1) is 24.6 Å². The lowest BCUT2D eigenvalue weighted by molar-refractivity contribution is 0.962. The van der Waals surface area contributed by atoms with Crippen molar-refractivity contribution in [3.8, 4) is 0 Å². The van der Waals surface area contributed by atoms with E-state index in [0.29, 0.717) is 18.2 Å². The standard InChI is InChI=1S/C12H15N5/c1-2-9-4-3-5-15-10(9)6-16-12-8-14-7-11(13)17-12/h3-5,7-8H,2,6H2,1H3,(H3,13,16,17). The Hall–Kier alpha value is -2.17. The zero-order valence-electron chi connectivity index (χ0n) is 9.72. The lowest BCUT2D eigenvalue weighted by Gasteiger charge is -2.08. The molecular weight excluding hydrogens is 214 g/mol. The van der Waals surface area contributed by atoms with Gasteiger partial charge in [-0.1, -0.05) is 13.0 Å². The number of nitrogens with zero attached hydrogens (tertiary/aromatic N) is 3. The first kappa shape index (κ1) is 11.3. The van der Waals surface area contributed by atoms with Gasteiger partial charge in [-0.05, 0) is 18.1 Å². The van der Waals surface area contributed by atoms with Gasteiger partial charge in [0.1, 0.15) is 11.6 Å². The molecule has 88 valence electrons. The third-order valence-corrected chi connectivity index (χ3v) is 2.46. The number of anilines is 2. The molecule has 0 aromatic carbocycles. The molecule has 0 saturated heterocycles. The number of pyridine rings is 1. The number of hydrogen-bond donors (Lipinski definition) is 2. The summed E-state index contributed by atoms with van der Waals surface area (Å²) < 4.78 is 0. The summed E-state index contributed by atoms with van der Waals surface area (Å²) in [6.07, 6.45) is 5.92. The summed E-state index contributed by atoms with van der Waals surface area (Å²) in [5, 5.41) is 3.16. The number of aromatic nitrogens is 3. The highest BCUT2D eigenvalue weighted by atomic mass is 15.0. The smallest absolute Gasteiger partial charge is 0.147 e. The van der Waals surface area contributed by atoms with Gasteiger partial charge in [-0.15, -0.1) is 0 Å². The van der Waals surface area contributed by atoms with Crippen LogP contribution in [0.2, 0.25) is 0 Å². The topological polar surface area (TPSA) is 76.7 Å². The minimum atomic E-state index is 0.409. The Balaban J connectivity index is 2.07. The Kier molecular flexibility index (Phi) is 3.49. The molecule has 2 aromatic heterocycles. The van der Waals surface area contributed by atoms with E-state index in [9.17, 15) is 0 Å². The molecule has 2 rings (SSSR count). The Morgan fingerprint density at radius 3 is 3.00 bits per heavy atom. The van der Waals surface area contributed by atoms with Crippen LogP contribution in [-0.4, -0.2) is 15.0 Å². The van der Waals surface area contributed by atoms with Gasteiger partial charge in [0, 0.05) is 6.20 Å². The zero-order valence-corrected chi connectivity index (χ0v) is 9.72. The highest BCUT2D eigenvalue weighted by Crippen LogP contribution is 2.09. The van der Waals surface area contributed by atoms with Crippen LogP contribution >= 0.6 is 0 Å². The second-order valence-electron chi connectivity index (χ2n) is 3.65. The highest BCUT2D eigenvalue weighted by Gasteiger charge is 2.02. The third-order valence-electron chi connectivity index (χ3n) is 2.46. The number of hydrogen-bond acceptors (Lipinski definition) is 5. The molecule has 0 aliphatic rings. The van der Waals surface area contributed by atoms with Crippen molar-refractivity contribution in [2.75, 3.05) is 11.1 Å². The van der Waals surface area contributed by atoms with Gasteiger partial charge in [0.2, 0.25) is 0 Å². The lowest BCUT2D eigenvalue weighted by Crippen LogP contribution is -2.07. The third kappa shape index (κ3) is 2.90. The predicted molar refractivity (Wildman–Crippen MR) is 67.4 cm³/mol. The van der Waals surface area contributed by atoms with Crippen molar-refractivity contribution in [1.29, 1.82) is 0 Å². The van der Waals surface area contributed by atoms with Crippen LogP contribution in [0.15, 0.2) is 30.7 Å². The first-order valence-electron chi connectivity index (χ1n) is 5.53. The molecule has 0 atom stereocenters. The Morgan fingerprint density at radius 2 is 2.24 bits per heavy atom. The van der Waals surface area contributed by atoms with E-state index >= 15 is 0 Å². The van der Waals surface area contributed by atoms with Gasteiger partial charge >= 0.3 is 0 Å². The van der Waals surface area contributed by atoms with E-state index < -0.39 is 0 Å². The molecule has 0 fully saturated rings. The molecule has 5 nitrogen and oxygen atoms in total. The molecule has 0 radical (unpaired) electrons. The summed E-state index contributed by atoms with van der Waals surface area (Å²) in [6, 6.07) is 4.03. The van der Waals surface area contributed by atoms with Crippen molar-refractivity contribution in [1.82, 2.24) is 15.0 Å². The van der Waals surface area contributed by atoms with Gasteiger partial charge in [-0.3, -0.25) is 9.97 Å². The van der Waals surface area contributed by atoms with Gasteiger partial charge in [0.15, 0.2) is 0 Å². The van der Waals surface area contributed by atoms with E-state index in [1.807, 2.05) is 6.07 Å². The van der Waals surface area contributed by atoms with E-state index in [4.69, 9.17) is 5.73 Å². The quantitative estimate of drug-likeness (QED) is 0.833. The molecule has 5 heteroatoms. The molecule has 0 bridgehead atoms. The van der Waals surface area contributed by atoms with Crippen molar-refractivity contribution >= 4 is 11.6 Å². The second kappa shape index (κ2) is 5.25. The van der Waals surface area contributed by atoms with Crippen LogP contribution in [-0.2, 0) is 13.0 Å². The summed E-state index contributed by atoms with van der Waals surface area (Å²) >= 11 is 0. The van der Waals surface area contributed by atoms with Gasteiger partial charge in [-0.2, -0.15) is 0 Å². The average Bonchev–Trinajstić information content (AvgIpc) is 2.37. The molecule has 3 N–H and O–H groups in total. The van der Waals surface area contributed by atoms with Crippen LogP contribution in [0.3, 0.4) is 0 Å². The molecule has 17 heavy (non-hydrogen) atoms. The number of nitrogen functional groups attached to an aromatic ring is 1. The van der Waals surface area contributed by atoms with Crippen molar-refractivity contribution < 1.29 is 0 Å². The van der Waals surface area contributed by atoms with Crippen molar-refractivity contribution in [3.05, 3.63) is 42.0 Å². The van der Waals surface area contributed by atoms with Crippen LogP contribution < -0.4 is 11.1 Å². The normalized spacial score (nSPS) is 10.2. The van der Waals surface area contributed by atoms with Crippen LogP contribution in [0, 0.1) is 0 Å². The first-order chi connectivity index (χ1) is 8.29. The van der Waals surface area contributed by atoms with Gasteiger partial charge in [-0.25, -0.2) is 4.98 Å². The average molecular weight is 229 g/mol. The molecule has 0 unspecified atom stereocenters. The lowest BCUT2D eigenvalue weighted by atomic mass is 10.1. The first-order valence-corrected chi connectivity index (χ1v) is 5.53. The summed E-state index contributed by atoms with van der Waals surface area (Å²) in [5.74, 6) is 1.07. The Labute approximate surface area is 100 Å². The summed E-state index contributed by atoms with van der Waals surface area (Å²) in [5.41, 5.74) is 7.81. The van der Waals surface area contributed by atoms with E-state index in [0.717, 1.165) is 12.1 Å². The van der Waals surface area contributed by atoms with Crippen LogP contribution in [0.25, 0.3) is 0 Å². The number of nitrogens with two attached hydrogens (primary N) is 1. The fraction of sp³-hybridized carbons (Fsp3) is 0.250. The molecule has 0 aliphatic heterocycles. The van der Waals surface area contributed by atoms with E-state index in [1.165, 1.54) is 11.8 Å². The SMILES string of the molecule is CCc1cccnc1CNc1cncc(N)n1. The number of nitrogens with one attached hydrogen (secondary N) is 1. The van der Waals surface area contributed by atoms with Crippen LogP contribution in [0.1, 0.15) is 18.2 Å². The molecular formula is C12H15N5. The van der Waals surface area contributed by atoms with Gasteiger partial charge < -0.3 is 11.1 Å². The molecule has 0 amide bonds. The summed E-state index contributed by atoms with van der Waals surface area (Å²) in [6.45, 7) is 2.74. The van der Waals surface area contributed by atoms with E-state index in [2.05, 4.69) is 33.3 Å². The van der Waals surface area contributed by atoms with Crippen LogP contribution in [0.5, 0.6) is 0 Å². The molecule has 0 spiro atoms. The highest BCUT2D eigenvalue weighted by molar-refractivity contribution is 5.39. The van der Waals surface area contributed by atoms with E-state index in [-0.39, 0.29) is 0 Å². The summed E-state index contributed by atoms with van der Waals surface area (Å²) in [4.78, 5) is 12.4. The maximum absolute atomic E-state index is 5.55. The minimum Gasteiger partial charge on any atom is -0.382 e. The molecule has 0 aliphatic carbocycles. The molecule has 2 heterocycles. The molecule has 0 saturated carbocycles. The zero-order chi connectivity index (χ0) is 12.1. The Bertz CT molecular complexity index is 498. The second-order valence-corrected chi connectivity index (χ2v) is 3.65. The predicted octanol–water partition coefficient (Wildman–Crippen LogP) is 1.63. The van der Waals surface area contributed by atoms with Crippen molar-refractivity contribution in [2.45, 2.75) is 19.9 Å². The largest absolute Gasteiger partial charge is 0.382 e. The number of aryl methyl sites for hydroxylation is 1.